The summed E-state index contributed by atoms with van der Waals surface area (Å²) in [6.07, 6.45) is 3.58. The molecule has 0 aromatic carbocycles. The minimum Gasteiger partial charge on any atom is -0.364 e. The monoisotopic (exact) mass is 201 g/mol. The van der Waals surface area contributed by atoms with Gasteiger partial charge in [0.05, 0.1) is 5.56 Å². The smallest absolute Gasteiger partial charge is 0.144 e. The zero-order valence-electron chi connectivity index (χ0n) is 9.17. The highest BCUT2D eigenvalue weighted by molar-refractivity contribution is 5.53. The molecular formula is C12H15N3. The van der Waals surface area contributed by atoms with Crippen molar-refractivity contribution >= 4 is 5.82 Å². The molecule has 1 aliphatic carbocycles. The first-order valence-electron chi connectivity index (χ1n) is 5.29. The van der Waals surface area contributed by atoms with Crippen LogP contribution in [-0.2, 0) is 0 Å². The van der Waals surface area contributed by atoms with E-state index in [-0.39, 0.29) is 5.54 Å². The molecule has 15 heavy (non-hydrogen) atoms. The first-order valence-corrected chi connectivity index (χ1v) is 5.29. The van der Waals surface area contributed by atoms with E-state index in [4.69, 9.17) is 5.26 Å². The van der Waals surface area contributed by atoms with Crippen LogP contribution in [0.3, 0.4) is 0 Å². The number of nitrogens with zero attached hydrogens (tertiary/aromatic N) is 2. The van der Waals surface area contributed by atoms with Crippen molar-refractivity contribution in [2.75, 3.05) is 5.32 Å². The molecule has 1 N–H and O–H groups in total. The van der Waals surface area contributed by atoms with E-state index in [2.05, 4.69) is 23.3 Å². The van der Waals surface area contributed by atoms with Crippen molar-refractivity contribution in [1.82, 2.24) is 4.98 Å². The van der Waals surface area contributed by atoms with Gasteiger partial charge in [0, 0.05) is 11.2 Å². The molecule has 1 saturated carbocycles. The Morgan fingerprint density at radius 1 is 1.47 bits per heavy atom. The molecular weight excluding hydrogens is 186 g/mol. The first-order chi connectivity index (χ1) is 7.13. The zero-order valence-corrected chi connectivity index (χ0v) is 9.17. The summed E-state index contributed by atoms with van der Waals surface area (Å²) in [5.41, 5.74) is 1.72. The fraction of sp³-hybridized carbons (Fsp3) is 0.500. The van der Waals surface area contributed by atoms with E-state index in [1.165, 1.54) is 6.42 Å². The van der Waals surface area contributed by atoms with Crippen LogP contribution in [0.4, 0.5) is 5.82 Å². The lowest BCUT2D eigenvalue weighted by Crippen LogP contribution is -2.42. The predicted octanol–water partition coefficient (Wildman–Crippen LogP) is 2.62. The van der Waals surface area contributed by atoms with Crippen LogP contribution in [0.15, 0.2) is 12.1 Å². The van der Waals surface area contributed by atoms with Gasteiger partial charge >= 0.3 is 0 Å². The maximum atomic E-state index is 8.97. The molecule has 0 unspecified atom stereocenters. The molecule has 0 radical (unpaired) electrons. The highest BCUT2D eigenvalue weighted by Crippen LogP contribution is 2.34. The summed E-state index contributed by atoms with van der Waals surface area (Å²) in [5.74, 6) is 0.736. The molecule has 0 saturated heterocycles. The molecule has 0 atom stereocenters. The zero-order chi connectivity index (χ0) is 10.9. The standard InChI is InChI=1S/C12H15N3/c1-9-4-5-10(8-13)11(14-9)15-12(2)6-3-7-12/h4-5H,3,6-7H2,1-2H3,(H,14,15). The van der Waals surface area contributed by atoms with Gasteiger partial charge in [0.25, 0.3) is 0 Å². The van der Waals surface area contributed by atoms with E-state index in [0.717, 1.165) is 24.4 Å². The highest BCUT2D eigenvalue weighted by Gasteiger charge is 2.32. The molecule has 1 fully saturated rings. The van der Waals surface area contributed by atoms with Crippen molar-refractivity contribution in [1.29, 1.82) is 5.26 Å². The number of hydrogen-bond donors (Lipinski definition) is 1. The highest BCUT2D eigenvalue weighted by atomic mass is 15.1. The number of nitriles is 1. The summed E-state index contributed by atoms with van der Waals surface area (Å²) in [6.45, 7) is 4.12. The summed E-state index contributed by atoms with van der Waals surface area (Å²) in [4.78, 5) is 4.38. The van der Waals surface area contributed by atoms with E-state index < -0.39 is 0 Å². The summed E-state index contributed by atoms with van der Waals surface area (Å²) in [5, 5.41) is 12.3. The molecule has 3 heteroatoms. The van der Waals surface area contributed by atoms with Gasteiger partial charge in [-0.15, -0.1) is 0 Å². The Labute approximate surface area is 90.1 Å². The molecule has 1 heterocycles. The van der Waals surface area contributed by atoms with Gasteiger partial charge in [-0.3, -0.25) is 0 Å². The molecule has 2 rings (SSSR count). The predicted molar refractivity (Wildman–Crippen MR) is 59.6 cm³/mol. The third-order valence-electron chi connectivity index (χ3n) is 3.03. The van der Waals surface area contributed by atoms with Gasteiger partial charge < -0.3 is 5.32 Å². The number of pyridine rings is 1. The summed E-state index contributed by atoms with van der Waals surface area (Å²) < 4.78 is 0. The Hall–Kier alpha value is -1.56. The Morgan fingerprint density at radius 2 is 2.20 bits per heavy atom. The molecule has 3 nitrogen and oxygen atoms in total. The molecule has 1 aliphatic rings. The van der Waals surface area contributed by atoms with Crippen molar-refractivity contribution in [3.63, 3.8) is 0 Å². The maximum absolute atomic E-state index is 8.97. The van der Waals surface area contributed by atoms with Crippen LogP contribution in [-0.4, -0.2) is 10.5 Å². The Kier molecular flexibility index (Phi) is 2.36. The van der Waals surface area contributed by atoms with E-state index >= 15 is 0 Å². The third-order valence-corrected chi connectivity index (χ3v) is 3.03. The maximum Gasteiger partial charge on any atom is 0.144 e. The summed E-state index contributed by atoms with van der Waals surface area (Å²) in [7, 11) is 0. The topological polar surface area (TPSA) is 48.7 Å². The quantitative estimate of drug-likeness (QED) is 0.800. The van der Waals surface area contributed by atoms with Crippen LogP contribution in [0.2, 0.25) is 0 Å². The van der Waals surface area contributed by atoms with E-state index in [1.54, 1.807) is 0 Å². The molecule has 0 spiro atoms. The molecule has 0 bridgehead atoms. The van der Waals surface area contributed by atoms with Gasteiger partial charge in [-0.2, -0.15) is 5.26 Å². The lowest BCUT2D eigenvalue weighted by Gasteiger charge is -2.39. The molecule has 0 aliphatic heterocycles. The molecule has 0 amide bonds. The Balaban J connectivity index is 2.26. The lowest BCUT2D eigenvalue weighted by atomic mass is 9.78. The van der Waals surface area contributed by atoms with Crippen LogP contribution in [0, 0.1) is 18.3 Å². The second kappa shape index (κ2) is 3.54. The van der Waals surface area contributed by atoms with E-state index in [9.17, 15) is 0 Å². The Morgan fingerprint density at radius 3 is 2.73 bits per heavy atom. The fourth-order valence-corrected chi connectivity index (χ4v) is 1.86. The van der Waals surface area contributed by atoms with Gasteiger partial charge in [0.2, 0.25) is 0 Å². The minimum absolute atomic E-state index is 0.145. The minimum atomic E-state index is 0.145. The lowest BCUT2D eigenvalue weighted by molar-refractivity contribution is 0.305. The summed E-state index contributed by atoms with van der Waals surface area (Å²) in [6, 6.07) is 5.86. The van der Waals surface area contributed by atoms with Crippen molar-refractivity contribution in [3.8, 4) is 6.07 Å². The number of hydrogen-bond acceptors (Lipinski definition) is 3. The third kappa shape index (κ3) is 1.94. The number of nitrogens with one attached hydrogen (secondary N) is 1. The normalized spacial score (nSPS) is 17.7. The van der Waals surface area contributed by atoms with Crippen LogP contribution >= 0.6 is 0 Å². The fourth-order valence-electron chi connectivity index (χ4n) is 1.86. The van der Waals surface area contributed by atoms with Crippen LogP contribution < -0.4 is 5.32 Å². The average Bonchev–Trinajstić information content (AvgIpc) is 2.16. The van der Waals surface area contributed by atoms with Gasteiger partial charge in [0.1, 0.15) is 11.9 Å². The molecule has 1 aromatic rings. The van der Waals surface area contributed by atoms with Crippen molar-refractivity contribution in [3.05, 3.63) is 23.4 Å². The van der Waals surface area contributed by atoms with E-state index in [1.807, 2.05) is 19.1 Å². The molecule has 78 valence electrons. The van der Waals surface area contributed by atoms with Crippen LogP contribution in [0.25, 0.3) is 0 Å². The number of anilines is 1. The van der Waals surface area contributed by atoms with Crippen molar-refractivity contribution < 1.29 is 0 Å². The number of aryl methyl sites for hydroxylation is 1. The first kappa shape index (κ1) is 9.97. The summed E-state index contributed by atoms with van der Waals surface area (Å²) >= 11 is 0. The molecule has 1 aromatic heterocycles. The van der Waals surface area contributed by atoms with Gasteiger partial charge in [0.15, 0.2) is 0 Å². The van der Waals surface area contributed by atoms with Crippen molar-refractivity contribution in [2.24, 2.45) is 0 Å². The average molecular weight is 201 g/mol. The largest absolute Gasteiger partial charge is 0.364 e. The second-order valence-electron chi connectivity index (χ2n) is 4.50. The van der Waals surface area contributed by atoms with Gasteiger partial charge in [-0.05, 0) is 45.2 Å². The number of rotatable bonds is 2. The van der Waals surface area contributed by atoms with E-state index in [0.29, 0.717) is 5.56 Å². The second-order valence-corrected chi connectivity index (χ2v) is 4.50. The SMILES string of the molecule is Cc1ccc(C#N)c(NC2(C)CCC2)n1. The Bertz CT molecular complexity index is 413. The van der Waals surface area contributed by atoms with Crippen molar-refractivity contribution in [2.45, 2.75) is 38.6 Å². The van der Waals surface area contributed by atoms with Gasteiger partial charge in [-0.25, -0.2) is 4.98 Å². The van der Waals surface area contributed by atoms with Crippen LogP contribution in [0.5, 0.6) is 0 Å². The number of aromatic nitrogens is 1. The van der Waals surface area contributed by atoms with Gasteiger partial charge in [-0.1, -0.05) is 0 Å². The van der Waals surface area contributed by atoms with Crippen LogP contribution in [0.1, 0.15) is 37.4 Å².